The van der Waals surface area contributed by atoms with Gasteiger partial charge in [-0.3, -0.25) is 4.79 Å². The summed E-state index contributed by atoms with van der Waals surface area (Å²) in [6, 6.07) is 7.20. The third-order valence-electron chi connectivity index (χ3n) is 3.55. The molecule has 6 heteroatoms. The molecule has 0 aromatic heterocycles. The molecule has 0 heterocycles. The Morgan fingerprint density at radius 1 is 1.35 bits per heavy atom. The highest BCUT2D eigenvalue weighted by atomic mass is 35.5. The fourth-order valence-corrected chi connectivity index (χ4v) is 3.92. The molecule has 0 aliphatic heterocycles. The van der Waals surface area contributed by atoms with Crippen LogP contribution in [0.25, 0.3) is 0 Å². The Labute approximate surface area is 126 Å². The fourth-order valence-electron chi connectivity index (χ4n) is 2.51. The van der Waals surface area contributed by atoms with E-state index in [4.69, 9.17) is 16.3 Å². The molecule has 1 atom stereocenters. The molecule has 1 aliphatic carbocycles. The van der Waals surface area contributed by atoms with E-state index in [1.807, 2.05) is 12.1 Å². The highest BCUT2D eigenvalue weighted by Gasteiger charge is 2.43. The monoisotopic (exact) mass is 315 g/mol. The SMILES string of the molecule is COC(=O)C1(NS(=O)Cc2ccc(Cl)cc2)CCCC1. The summed E-state index contributed by atoms with van der Waals surface area (Å²) < 4.78 is 20.1. The van der Waals surface area contributed by atoms with Crippen molar-refractivity contribution in [2.75, 3.05) is 7.11 Å². The largest absolute Gasteiger partial charge is 0.468 e. The van der Waals surface area contributed by atoms with Crippen LogP contribution in [0.2, 0.25) is 5.02 Å². The van der Waals surface area contributed by atoms with Crippen molar-refractivity contribution in [2.24, 2.45) is 0 Å². The average molecular weight is 316 g/mol. The lowest BCUT2D eigenvalue weighted by atomic mass is 10.00. The lowest BCUT2D eigenvalue weighted by molar-refractivity contribution is -0.147. The van der Waals surface area contributed by atoms with Gasteiger partial charge in [0.1, 0.15) is 5.54 Å². The van der Waals surface area contributed by atoms with Crippen molar-refractivity contribution in [2.45, 2.75) is 37.0 Å². The number of nitrogens with one attached hydrogen (secondary N) is 1. The second kappa shape index (κ2) is 6.70. The molecule has 0 radical (unpaired) electrons. The molecule has 0 amide bonds. The van der Waals surface area contributed by atoms with Gasteiger partial charge < -0.3 is 4.74 Å². The third-order valence-corrected chi connectivity index (χ3v) is 5.02. The van der Waals surface area contributed by atoms with Gasteiger partial charge in [0.15, 0.2) is 0 Å². The summed E-state index contributed by atoms with van der Waals surface area (Å²) in [6.07, 6.45) is 3.23. The number of hydrogen-bond acceptors (Lipinski definition) is 3. The Morgan fingerprint density at radius 3 is 2.50 bits per heavy atom. The molecular weight excluding hydrogens is 298 g/mol. The number of benzene rings is 1. The Morgan fingerprint density at radius 2 is 1.95 bits per heavy atom. The molecule has 1 fully saturated rings. The molecule has 0 saturated heterocycles. The van der Waals surface area contributed by atoms with Gasteiger partial charge in [0.25, 0.3) is 0 Å². The molecule has 110 valence electrons. The van der Waals surface area contributed by atoms with E-state index in [1.165, 1.54) is 7.11 Å². The van der Waals surface area contributed by atoms with Gasteiger partial charge in [-0.25, -0.2) is 8.93 Å². The molecule has 1 aromatic carbocycles. The highest BCUT2D eigenvalue weighted by Crippen LogP contribution is 2.31. The summed E-state index contributed by atoms with van der Waals surface area (Å²) >= 11 is 5.82. The molecule has 1 saturated carbocycles. The summed E-state index contributed by atoms with van der Waals surface area (Å²) in [6.45, 7) is 0. The maximum atomic E-state index is 12.2. The van der Waals surface area contributed by atoms with Crippen LogP contribution in [0, 0.1) is 0 Å². The molecule has 1 unspecified atom stereocenters. The van der Waals surface area contributed by atoms with Crippen molar-refractivity contribution >= 4 is 28.6 Å². The minimum atomic E-state index is -1.32. The van der Waals surface area contributed by atoms with Crippen LogP contribution in [0.1, 0.15) is 31.2 Å². The maximum absolute atomic E-state index is 12.2. The first-order chi connectivity index (χ1) is 9.55. The van der Waals surface area contributed by atoms with E-state index in [-0.39, 0.29) is 5.97 Å². The zero-order valence-corrected chi connectivity index (χ0v) is 12.9. The first-order valence-corrected chi connectivity index (χ1v) is 8.24. The standard InChI is InChI=1S/C14H18ClNO3S/c1-19-13(17)14(8-2-3-9-14)16-20(18)10-11-4-6-12(15)7-5-11/h4-7,16H,2-3,8-10H2,1H3. The van der Waals surface area contributed by atoms with Gasteiger partial charge in [0.2, 0.25) is 0 Å². The van der Waals surface area contributed by atoms with E-state index in [9.17, 15) is 9.00 Å². The highest BCUT2D eigenvalue weighted by molar-refractivity contribution is 7.82. The Kier molecular flexibility index (Phi) is 5.18. The van der Waals surface area contributed by atoms with Gasteiger partial charge in [0.05, 0.1) is 23.8 Å². The van der Waals surface area contributed by atoms with Gasteiger partial charge in [0, 0.05) is 5.02 Å². The molecule has 1 aliphatic rings. The van der Waals surface area contributed by atoms with E-state index in [2.05, 4.69) is 4.72 Å². The van der Waals surface area contributed by atoms with E-state index >= 15 is 0 Å². The number of ether oxygens (including phenoxy) is 1. The predicted octanol–water partition coefficient (Wildman–Crippen LogP) is 2.58. The van der Waals surface area contributed by atoms with E-state index < -0.39 is 16.5 Å². The minimum absolute atomic E-state index is 0.320. The average Bonchev–Trinajstić information content (AvgIpc) is 2.90. The second-order valence-electron chi connectivity index (χ2n) is 5.00. The first-order valence-electron chi connectivity index (χ1n) is 6.55. The lowest BCUT2D eigenvalue weighted by Crippen LogP contribution is -2.51. The van der Waals surface area contributed by atoms with Gasteiger partial charge in [-0.05, 0) is 30.5 Å². The molecule has 0 bridgehead atoms. The van der Waals surface area contributed by atoms with E-state index in [1.54, 1.807) is 12.1 Å². The van der Waals surface area contributed by atoms with Crippen molar-refractivity contribution < 1.29 is 13.7 Å². The molecule has 2 rings (SSSR count). The van der Waals surface area contributed by atoms with Gasteiger partial charge in [-0.2, -0.15) is 0 Å². The van der Waals surface area contributed by atoms with Crippen LogP contribution >= 0.6 is 11.6 Å². The van der Waals surface area contributed by atoms with Crippen molar-refractivity contribution in [3.63, 3.8) is 0 Å². The molecule has 1 N–H and O–H groups in total. The van der Waals surface area contributed by atoms with Crippen LogP contribution in [-0.2, 0) is 26.3 Å². The number of methoxy groups -OCH3 is 1. The zero-order chi connectivity index (χ0) is 14.6. The van der Waals surface area contributed by atoms with Crippen LogP contribution in [0.15, 0.2) is 24.3 Å². The van der Waals surface area contributed by atoms with Crippen molar-refractivity contribution in [3.8, 4) is 0 Å². The normalized spacial score (nSPS) is 18.7. The molecular formula is C14H18ClNO3S. The molecule has 1 aromatic rings. The Balaban J connectivity index is 2.02. The van der Waals surface area contributed by atoms with Crippen molar-refractivity contribution in [1.29, 1.82) is 0 Å². The molecule has 4 nitrogen and oxygen atoms in total. The summed E-state index contributed by atoms with van der Waals surface area (Å²) in [7, 11) is 0.0444. The first kappa shape index (κ1) is 15.5. The van der Waals surface area contributed by atoms with Crippen LogP contribution in [0.5, 0.6) is 0 Å². The van der Waals surface area contributed by atoms with Crippen LogP contribution < -0.4 is 4.72 Å². The summed E-state index contributed by atoms with van der Waals surface area (Å²) in [4.78, 5) is 11.9. The fraction of sp³-hybridized carbons (Fsp3) is 0.500. The van der Waals surface area contributed by atoms with Crippen LogP contribution in [0.4, 0.5) is 0 Å². The molecule has 20 heavy (non-hydrogen) atoms. The van der Waals surface area contributed by atoms with Crippen LogP contribution in [0.3, 0.4) is 0 Å². The van der Waals surface area contributed by atoms with Gasteiger partial charge >= 0.3 is 5.97 Å². The minimum Gasteiger partial charge on any atom is -0.468 e. The topological polar surface area (TPSA) is 55.4 Å². The number of carbonyl (C=O) groups is 1. The van der Waals surface area contributed by atoms with E-state index in [0.29, 0.717) is 23.6 Å². The van der Waals surface area contributed by atoms with Crippen molar-refractivity contribution in [3.05, 3.63) is 34.9 Å². The third kappa shape index (κ3) is 3.59. The Hall–Kier alpha value is -0.910. The molecule has 0 spiro atoms. The van der Waals surface area contributed by atoms with Gasteiger partial charge in [-0.15, -0.1) is 0 Å². The zero-order valence-electron chi connectivity index (χ0n) is 11.4. The number of carbonyl (C=O) groups excluding carboxylic acids is 1. The summed E-state index contributed by atoms with van der Waals surface area (Å²) in [5.41, 5.74) is 0.129. The van der Waals surface area contributed by atoms with Gasteiger partial charge in [-0.1, -0.05) is 36.6 Å². The Bertz CT molecular complexity index is 498. The van der Waals surface area contributed by atoms with Crippen molar-refractivity contribution in [1.82, 2.24) is 4.72 Å². The second-order valence-corrected chi connectivity index (χ2v) is 6.62. The summed E-state index contributed by atoms with van der Waals surface area (Å²) in [5, 5.41) is 0.648. The van der Waals surface area contributed by atoms with Crippen LogP contribution in [-0.4, -0.2) is 22.8 Å². The lowest BCUT2D eigenvalue weighted by Gasteiger charge is -2.26. The number of esters is 1. The number of rotatable bonds is 5. The maximum Gasteiger partial charge on any atom is 0.326 e. The smallest absolute Gasteiger partial charge is 0.326 e. The number of hydrogen-bond donors (Lipinski definition) is 1. The summed E-state index contributed by atoms with van der Waals surface area (Å²) in [5.74, 6) is 0.0232. The predicted molar refractivity (Wildman–Crippen MR) is 79.6 cm³/mol. The van der Waals surface area contributed by atoms with E-state index in [0.717, 1.165) is 18.4 Å². The number of halogens is 1. The quantitative estimate of drug-likeness (QED) is 0.850.